The van der Waals surface area contributed by atoms with Crippen molar-refractivity contribution in [1.82, 2.24) is 9.97 Å². The van der Waals surface area contributed by atoms with Crippen LogP contribution in [0.3, 0.4) is 0 Å². The topological polar surface area (TPSA) is 66.0 Å². The van der Waals surface area contributed by atoms with E-state index >= 15 is 0 Å². The van der Waals surface area contributed by atoms with E-state index < -0.39 is 5.97 Å². The van der Waals surface area contributed by atoms with Crippen LogP contribution in [0.25, 0.3) is 11.4 Å². The average molecular weight is 250 g/mol. The van der Waals surface area contributed by atoms with Gasteiger partial charge in [-0.1, -0.05) is 6.92 Å². The maximum absolute atomic E-state index is 10.9. The zero-order valence-corrected chi connectivity index (χ0v) is 10.3. The fraction of sp³-hybridized carbons (Fsp3) is 0.333. The molecule has 0 amide bonds. The Hall–Kier alpha value is -1.62. The van der Waals surface area contributed by atoms with Gasteiger partial charge in [-0.3, -0.25) is 4.79 Å². The summed E-state index contributed by atoms with van der Waals surface area (Å²) in [5, 5.41) is 11.8. The average Bonchev–Trinajstić information content (AvgIpc) is 2.95. The number of hydrogen-bond donors (Lipinski definition) is 2. The van der Waals surface area contributed by atoms with E-state index in [4.69, 9.17) is 5.11 Å². The van der Waals surface area contributed by atoms with Crippen molar-refractivity contribution >= 4 is 17.3 Å². The van der Waals surface area contributed by atoms with Crippen LogP contribution in [0.15, 0.2) is 23.7 Å². The highest BCUT2D eigenvalue weighted by molar-refractivity contribution is 7.09. The SMILES string of the molecule is CCC(Cc1nc(-c2ccc[nH]2)cs1)C(=O)O. The van der Waals surface area contributed by atoms with Crippen LogP contribution in [-0.2, 0) is 11.2 Å². The number of rotatable bonds is 5. The minimum atomic E-state index is -0.746. The van der Waals surface area contributed by atoms with E-state index in [1.807, 2.05) is 30.6 Å². The van der Waals surface area contributed by atoms with Crippen LogP contribution in [0.4, 0.5) is 0 Å². The molecule has 0 bridgehead atoms. The summed E-state index contributed by atoms with van der Waals surface area (Å²) in [4.78, 5) is 18.5. The molecule has 0 aliphatic rings. The number of H-pyrrole nitrogens is 1. The minimum absolute atomic E-state index is 0.336. The number of aromatic amines is 1. The molecule has 2 rings (SSSR count). The lowest BCUT2D eigenvalue weighted by Gasteiger charge is -2.06. The number of nitrogens with zero attached hydrogens (tertiary/aromatic N) is 1. The van der Waals surface area contributed by atoms with Gasteiger partial charge >= 0.3 is 5.97 Å². The lowest BCUT2D eigenvalue weighted by atomic mass is 10.0. The molecule has 2 N–H and O–H groups in total. The maximum Gasteiger partial charge on any atom is 0.306 e. The van der Waals surface area contributed by atoms with Crippen molar-refractivity contribution < 1.29 is 9.90 Å². The van der Waals surface area contributed by atoms with Gasteiger partial charge < -0.3 is 10.1 Å². The smallest absolute Gasteiger partial charge is 0.306 e. The zero-order chi connectivity index (χ0) is 12.3. The first-order valence-electron chi connectivity index (χ1n) is 5.51. The molecule has 90 valence electrons. The van der Waals surface area contributed by atoms with Crippen molar-refractivity contribution in [3.8, 4) is 11.4 Å². The Morgan fingerprint density at radius 3 is 3.06 bits per heavy atom. The second-order valence-electron chi connectivity index (χ2n) is 3.86. The number of aromatic nitrogens is 2. The predicted molar refractivity (Wildman–Crippen MR) is 67.0 cm³/mol. The van der Waals surface area contributed by atoms with Crippen molar-refractivity contribution in [3.05, 3.63) is 28.7 Å². The largest absolute Gasteiger partial charge is 0.481 e. The molecule has 0 aromatic carbocycles. The highest BCUT2D eigenvalue weighted by Gasteiger charge is 2.17. The Kier molecular flexibility index (Phi) is 3.58. The summed E-state index contributed by atoms with van der Waals surface area (Å²) in [6.45, 7) is 1.89. The number of carboxylic acid groups (broad SMARTS) is 1. The third-order valence-corrected chi connectivity index (χ3v) is 3.56. The fourth-order valence-corrected chi connectivity index (χ4v) is 2.51. The van der Waals surface area contributed by atoms with E-state index in [1.165, 1.54) is 11.3 Å². The molecule has 4 nitrogen and oxygen atoms in total. The number of hydrogen-bond acceptors (Lipinski definition) is 3. The Bertz CT molecular complexity index is 490. The Labute approximate surface area is 103 Å². The van der Waals surface area contributed by atoms with E-state index in [1.54, 1.807) is 0 Å². The minimum Gasteiger partial charge on any atom is -0.481 e. The van der Waals surface area contributed by atoms with Crippen LogP contribution in [0, 0.1) is 5.92 Å². The van der Waals surface area contributed by atoms with Crippen LogP contribution < -0.4 is 0 Å². The molecule has 0 radical (unpaired) electrons. The molecule has 5 heteroatoms. The Balaban J connectivity index is 2.11. The molecule has 0 aliphatic carbocycles. The lowest BCUT2D eigenvalue weighted by Crippen LogP contribution is -2.15. The van der Waals surface area contributed by atoms with Gasteiger partial charge in [-0.15, -0.1) is 11.3 Å². The molecule has 0 saturated carbocycles. The van der Waals surface area contributed by atoms with Gasteiger partial charge in [-0.05, 0) is 18.6 Å². The number of aliphatic carboxylic acids is 1. The zero-order valence-electron chi connectivity index (χ0n) is 9.51. The first-order chi connectivity index (χ1) is 8.20. The highest BCUT2D eigenvalue weighted by atomic mass is 32.1. The van der Waals surface area contributed by atoms with Crippen molar-refractivity contribution in [2.45, 2.75) is 19.8 Å². The molecular formula is C12H14N2O2S. The van der Waals surface area contributed by atoms with Gasteiger partial charge in [-0.2, -0.15) is 0 Å². The van der Waals surface area contributed by atoms with Crippen LogP contribution in [0.5, 0.6) is 0 Å². The molecule has 17 heavy (non-hydrogen) atoms. The molecule has 1 atom stereocenters. The molecule has 2 aromatic heterocycles. The van der Waals surface area contributed by atoms with Gasteiger partial charge in [0.1, 0.15) is 0 Å². The lowest BCUT2D eigenvalue weighted by molar-refractivity contribution is -0.141. The fourth-order valence-electron chi connectivity index (χ4n) is 1.64. The Morgan fingerprint density at radius 1 is 1.65 bits per heavy atom. The second-order valence-corrected chi connectivity index (χ2v) is 4.80. The molecule has 1 unspecified atom stereocenters. The van der Waals surface area contributed by atoms with Crippen LogP contribution >= 0.6 is 11.3 Å². The van der Waals surface area contributed by atoms with Gasteiger partial charge in [0, 0.05) is 18.0 Å². The number of carboxylic acids is 1. The van der Waals surface area contributed by atoms with E-state index in [0.29, 0.717) is 12.8 Å². The number of carbonyl (C=O) groups is 1. The monoisotopic (exact) mass is 250 g/mol. The maximum atomic E-state index is 10.9. The first-order valence-corrected chi connectivity index (χ1v) is 6.39. The van der Waals surface area contributed by atoms with Gasteiger partial charge in [0.15, 0.2) is 0 Å². The standard InChI is InChI=1S/C12H14N2O2S/c1-2-8(12(15)16)6-11-14-10(7-17-11)9-4-3-5-13-9/h3-5,7-8,13H,2,6H2,1H3,(H,15,16). The van der Waals surface area contributed by atoms with Gasteiger partial charge in [0.05, 0.1) is 22.3 Å². The Morgan fingerprint density at radius 2 is 2.47 bits per heavy atom. The molecule has 2 heterocycles. The summed E-state index contributed by atoms with van der Waals surface area (Å²) in [6, 6.07) is 3.87. The van der Waals surface area contributed by atoms with Crippen molar-refractivity contribution in [2.24, 2.45) is 5.92 Å². The summed E-state index contributed by atoms with van der Waals surface area (Å²) in [6.07, 6.45) is 2.99. The summed E-state index contributed by atoms with van der Waals surface area (Å²) >= 11 is 1.51. The number of nitrogens with one attached hydrogen (secondary N) is 1. The molecule has 0 fully saturated rings. The summed E-state index contributed by atoms with van der Waals surface area (Å²) in [5.41, 5.74) is 1.85. The quantitative estimate of drug-likeness (QED) is 0.857. The summed E-state index contributed by atoms with van der Waals surface area (Å²) in [5.74, 6) is -1.08. The third-order valence-electron chi connectivity index (χ3n) is 2.69. The van der Waals surface area contributed by atoms with Crippen molar-refractivity contribution in [1.29, 1.82) is 0 Å². The van der Waals surface area contributed by atoms with Crippen molar-refractivity contribution in [2.75, 3.05) is 0 Å². The van der Waals surface area contributed by atoms with Crippen molar-refractivity contribution in [3.63, 3.8) is 0 Å². The molecule has 0 spiro atoms. The second kappa shape index (κ2) is 5.14. The first kappa shape index (κ1) is 11.9. The van der Waals surface area contributed by atoms with Gasteiger partial charge in [0.25, 0.3) is 0 Å². The van der Waals surface area contributed by atoms with E-state index in [2.05, 4.69) is 9.97 Å². The van der Waals surface area contributed by atoms with Crippen LogP contribution in [0.2, 0.25) is 0 Å². The molecule has 0 aliphatic heterocycles. The third kappa shape index (κ3) is 2.74. The molecule has 2 aromatic rings. The normalized spacial score (nSPS) is 12.5. The van der Waals surface area contributed by atoms with E-state index in [-0.39, 0.29) is 5.92 Å². The van der Waals surface area contributed by atoms with Gasteiger partial charge in [-0.25, -0.2) is 4.98 Å². The highest BCUT2D eigenvalue weighted by Crippen LogP contribution is 2.22. The van der Waals surface area contributed by atoms with E-state index in [0.717, 1.165) is 16.4 Å². The van der Waals surface area contributed by atoms with Crippen LogP contribution in [-0.4, -0.2) is 21.0 Å². The van der Waals surface area contributed by atoms with Crippen LogP contribution in [0.1, 0.15) is 18.4 Å². The van der Waals surface area contributed by atoms with E-state index in [9.17, 15) is 4.79 Å². The molecular weight excluding hydrogens is 236 g/mol. The predicted octanol–water partition coefficient (Wildman–Crippen LogP) is 2.79. The summed E-state index contributed by atoms with van der Waals surface area (Å²) in [7, 11) is 0. The molecule has 0 saturated heterocycles. The summed E-state index contributed by atoms with van der Waals surface area (Å²) < 4.78 is 0. The van der Waals surface area contributed by atoms with Gasteiger partial charge in [0.2, 0.25) is 0 Å². The number of thiazole rings is 1.